The number of carbonyl (C=O) groups excluding carboxylic acids is 1. The molecular formula is C23H25F4N3O2. The zero-order valence-corrected chi connectivity index (χ0v) is 17.9. The Morgan fingerprint density at radius 3 is 2.25 bits per heavy atom. The molecule has 1 aliphatic carbocycles. The van der Waals surface area contributed by atoms with E-state index in [4.69, 9.17) is 0 Å². The molecule has 1 saturated carbocycles. The van der Waals surface area contributed by atoms with Crippen molar-refractivity contribution in [2.45, 2.75) is 43.1 Å². The first kappa shape index (κ1) is 22.4. The summed E-state index contributed by atoms with van der Waals surface area (Å²) in [6.07, 6.45) is -1.92. The molecule has 0 bridgehead atoms. The summed E-state index contributed by atoms with van der Waals surface area (Å²) in [4.78, 5) is 16.2. The SMILES string of the molecule is CN(C)[C@]1(c2ccccc2)CC[C@@]2(CC1)CN(c1ccc(OC(F)(F)F)cc1F)C(=O)N2. The summed E-state index contributed by atoms with van der Waals surface area (Å²) in [6.45, 7) is 0.251. The first-order valence-corrected chi connectivity index (χ1v) is 10.4. The average molecular weight is 451 g/mol. The lowest BCUT2D eigenvalue weighted by Crippen LogP contribution is -2.54. The maximum Gasteiger partial charge on any atom is 0.573 e. The number of urea groups is 1. The van der Waals surface area contributed by atoms with Crippen LogP contribution in [0.25, 0.3) is 0 Å². The van der Waals surface area contributed by atoms with E-state index in [9.17, 15) is 22.4 Å². The largest absolute Gasteiger partial charge is 0.573 e. The Kier molecular flexibility index (Phi) is 5.56. The second-order valence-electron chi connectivity index (χ2n) is 8.75. The summed E-state index contributed by atoms with van der Waals surface area (Å²) in [5.41, 5.74) is 0.472. The van der Waals surface area contributed by atoms with Gasteiger partial charge in [-0.1, -0.05) is 30.3 Å². The van der Waals surface area contributed by atoms with Crippen molar-refractivity contribution in [2.24, 2.45) is 0 Å². The van der Waals surface area contributed by atoms with Gasteiger partial charge in [0.05, 0.1) is 17.8 Å². The van der Waals surface area contributed by atoms with Crippen LogP contribution in [0.3, 0.4) is 0 Å². The number of alkyl halides is 3. The van der Waals surface area contributed by atoms with E-state index in [1.165, 1.54) is 10.5 Å². The number of benzene rings is 2. The summed E-state index contributed by atoms with van der Waals surface area (Å²) in [7, 11) is 4.09. The van der Waals surface area contributed by atoms with Crippen LogP contribution >= 0.6 is 0 Å². The maximum atomic E-state index is 14.6. The Hall–Kier alpha value is -2.81. The van der Waals surface area contributed by atoms with E-state index >= 15 is 0 Å². The van der Waals surface area contributed by atoms with Gasteiger partial charge in [-0.3, -0.25) is 9.80 Å². The van der Waals surface area contributed by atoms with E-state index < -0.39 is 29.5 Å². The van der Waals surface area contributed by atoms with Gasteiger partial charge in [-0.2, -0.15) is 0 Å². The first-order chi connectivity index (χ1) is 15.0. The van der Waals surface area contributed by atoms with E-state index in [0.717, 1.165) is 25.0 Å². The third-order valence-electron chi connectivity index (χ3n) is 6.72. The van der Waals surface area contributed by atoms with Crippen molar-refractivity contribution in [1.29, 1.82) is 0 Å². The molecule has 9 heteroatoms. The van der Waals surface area contributed by atoms with Crippen LogP contribution in [-0.2, 0) is 5.54 Å². The fraction of sp³-hybridized carbons (Fsp3) is 0.435. The molecule has 1 heterocycles. The van der Waals surface area contributed by atoms with Crippen molar-refractivity contribution < 1.29 is 27.1 Å². The molecular weight excluding hydrogens is 426 g/mol. The molecule has 4 rings (SSSR count). The lowest BCUT2D eigenvalue weighted by molar-refractivity contribution is -0.274. The van der Waals surface area contributed by atoms with Crippen molar-refractivity contribution in [1.82, 2.24) is 10.2 Å². The van der Waals surface area contributed by atoms with Crippen LogP contribution < -0.4 is 15.0 Å². The molecule has 0 aromatic heterocycles. The van der Waals surface area contributed by atoms with Crippen LogP contribution in [0.2, 0.25) is 0 Å². The quantitative estimate of drug-likeness (QED) is 0.664. The van der Waals surface area contributed by atoms with E-state index in [1.54, 1.807) is 0 Å². The van der Waals surface area contributed by atoms with Crippen molar-refractivity contribution in [3.8, 4) is 5.75 Å². The number of anilines is 1. The molecule has 0 atom stereocenters. The molecule has 2 fully saturated rings. The highest BCUT2D eigenvalue weighted by Gasteiger charge is 2.50. The highest BCUT2D eigenvalue weighted by atomic mass is 19.4. The van der Waals surface area contributed by atoms with Gasteiger partial charge in [0.2, 0.25) is 0 Å². The number of halogens is 4. The zero-order valence-electron chi connectivity index (χ0n) is 17.9. The van der Waals surface area contributed by atoms with Gasteiger partial charge in [0.15, 0.2) is 5.82 Å². The Labute approximate surface area is 183 Å². The van der Waals surface area contributed by atoms with Crippen molar-refractivity contribution in [3.05, 3.63) is 59.9 Å². The van der Waals surface area contributed by atoms with Crippen LogP contribution in [0.1, 0.15) is 31.2 Å². The lowest BCUT2D eigenvalue weighted by Gasteiger charge is -2.48. The van der Waals surface area contributed by atoms with E-state index in [-0.39, 0.29) is 17.8 Å². The second-order valence-corrected chi connectivity index (χ2v) is 8.75. The number of carbonyl (C=O) groups is 1. The number of rotatable bonds is 4. The van der Waals surface area contributed by atoms with Crippen LogP contribution in [0.5, 0.6) is 5.75 Å². The monoisotopic (exact) mass is 451 g/mol. The first-order valence-electron chi connectivity index (χ1n) is 10.4. The van der Waals surface area contributed by atoms with Crippen LogP contribution in [-0.4, -0.2) is 43.5 Å². The smallest absolute Gasteiger partial charge is 0.406 e. The number of ether oxygens (including phenoxy) is 1. The Balaban J connectivity index is 1.52. The Morgan fingerprint density at radius 2 is 1.69 bits per heavy atom. The third kappa shape index (κ3) is 4.13. The molecule has 2 aliphatic rings. The highest BCUT2D eigenvalue weighted by Crippen LogP contribution is 2.46. The van der Waals surface area contributed by atoms with Crippen molar-refractivity contribution in [3.63, 3.8) is 0 Å². The number of hydrogen-bond acceptors (Lipinski definition) is 3. The van der Waals surface area contributed by atoms with Gasteiger partial charge in [-0.15, -0.1) is 13.2 Å². The molecule has 32 heavy (non-hydrogen) atoms. The fourth-order valence-corrected chi connectivity index (χ4v) is 4.97. The molecule has 1 spiro atoms. The molecule has 5 nitrogen and oxygen atoms in total. The maximum absolute atomic E-state index is 14.6. The predicted octanol–water partition coefficient (Wildman–Crippen LogP) is 5.02. The fourth-order valence-electron chi connectivity index (χ4n) is 4.97. The van der Waals surface area contributed by atoms with E-state index in [2.05, 4.69) is 27.1 Å². The minimum absolute atomic E-state index is 0.0681. The third-order valence-corrected chi connectivity index (χ3v) is 6.72. The zero-order chi connectivity index (χ0) is 23.1. The van der Waals surface area contributed by atoms with Gasteiger partial charge < -0.3 is 10.1 Å². The number of hydrogen-bond donors (Lipinski definition) is 1. The topological polar surface area (TPSA) is 44.8 Å². The second kappa shape index (κ2) is 7.95. The highest BCUT2D eigenvalue weighted by molar-refractivity contribution is 5.95. The summed E-state index contributed by atoms with van der Waals surface area (Å²) in [6, 6.07) is 12.6. The molecule has 1 N–H and O–H groups in total. The van der Waals surface area contributed by atoms with Gasteiger partial charge in [0, 0.05) is 11.6 Å². The van der Waals surface area contributed by atoms with Gasteiger partial charge in [-0.05, 0) is 57.5 Å². The molecule has 0 radical (unpaired) electrons. The number of nitrogens with one attached hydrogen (secondary N) is 1. The van der Waals surface area contributed by atoms with Crippen molar-refractivity contribution in [2.75, 3.05) is 25.5 Å². The predicted molar refractivity (Wildman–Crippen MR) is 112 cm³/mol. The molecule has 1 aliphatic heterocycles. The van der Waals surface area contributed by atoms with Gasteiger partial charge in [-0.25, -0.2) is 9.18 Å². The normalized spacial score (nSPS) is 26.0. The van der Waals surface area contributed by atoms with E-state index in [0.29, 0.717) is 18.9 Å². The molecule has 2 amide bonds. The van der Waals surface area contributed by atoms with Gasteiger partial charge in [0.1, 0.15) is 5.75 Å². The molecule has 1 saturated heterocycles. The number of amides is 2. The molecule has 172 valence electrons. The van der Waals surface area contributed by atoms with Crippen LogP contribution in [0.4, 0.5) is 28.0 Å². The minimum Gasteiger partial charge on any atom is -0.406 e. The lowest BCUT2D eigenvalue weighted by atomic mass is 9.69. The van der Waals surface area contributed by atoms with Crippen LogP contribution in [0, 0.1) is 5.82 Å². The Morgan fingerprint density at radius 1 is 1.03 bits per heavy atom. The average Bonchev–Trinajstić information content (AvgIpc) is 3.04. The van der Waals surface area contributed by atoms with Gasteiger partial charge in [0.25, 0.3) is 0 Å². The van der Waals surface area contributed by atoms with E-state index in [1.807, 2.05) is 32.3 Å². The molecule has 2 aromatic carbocycles. The standard InChI is InChI=1S/C23H25F4N3O2/c1-29(2)22(16-6-4-3-5-7-16)12-10-21(11-13-22)15-30(20(31)28-21)19-9-8-17(14-18(19)24)32-23(25,26)27/h3-9,14H,10-13,15H2,1-2H3,(H,28,31)/t21-,22-. The molecule has 2 aromatic rings. The van der Waals surface area contributed by atoms with Crippen molar-refractivity contribution >= 4 is 11.7 Å². The summed E-state index contributed by atoms with van der Waals surface area (Å²) >= 11 is 0. The summed E-state index contributed by atoms with van der Waals surface area (Å²) in [5, 5.41) is 3.02. The number of nitrogens with zero attached hydrogens (tertiary/aromatic N) is 2. The van der Waals surface area contributed by atoms with Gasteiger partial charge >= 0.3 is 12.4 Å². The summed E-state index contributed by atoms with van der Waals surface area (Å²) in [5.74, 6) is -1.61. The minimum atomic E-state index is -4.91. The molecule has 0 unspecified atom stereocenters. The summed E-state index contributed by atoms with van der Waals surface area (Å²) < 4.78 is 55.5. The van der Waals surface area contributed by atoms with Crippen LogP contribution in [0.15, 0.2) is 48.5 Å². The Bertz CT molecular complexity index is 986.